The van der Waals surface area contributed by atoms with E-state index >= 15 is 0 Å². The zero-order valence-corrected chi connectivity index (χ0v) is 28.7. The van der Waals surface area contributed by atoms with Crippen LogP contribution in [0, 0.1) is 37.6 Å². The van der Waals surface area contributed by atoms with Crippen LogP contribution >= 0.6 is 0 Å². The summed E-state index contributed by atoms with van der Waals surface area (Å²) in [5.74, 6) is 0.203. The third-order valence-electron chi connectivity index (χ3n) is 4.13. The second-order valence-corrected chi connectivity index (χ2v) is 7.94. The molecule has 0 fully saturated rings. The molecule has 0 spiro atoms. The maximum atomic E-state index is 12.8. The molecule has 0 N–H and O–H groups in total. The van der Waals surface area contributed by atoms with Gasteiger partial charge in [0.05, 0.1) is 10.2 Å². The van der Waals surface area contributed by atoms with Gasteiger partial charge in [0.1, 0.15) is 0 Å². The minimum atomic E-state index is -1.75. The van der Waals surface area contributed by atoms with Crippen LogP contribution in [0.5, 0.6) is 5.75 Å². The first-order valence-corrected chi connectivity index (χ1v) is 10.2. The molecule has 0 saturated carbocycles. The van der Waals surface area contributed by atoms with E-state index in [1.54, 1.807) is 0 Å². The number of nitrogens with zero attached hydrogens (tertiary/aromatic N) is 6. The van der Waals surface area contributed by atoms with Gasteiger partial charge in [-0.1, -0.05) is 23.4 Å². The Kier molecular flexibility index (Phi) is 32.8. The number of hydrogen-bond acceptors (Lipinski definition) is 12. The topological polar surface area (TPSA) is 191 Å². The molecule has 1 aromatic carbocycles. The van der Waals surface area contributed by atoms with Gasteiger partial charge in [0, 0.05) is 39.3 Å². The van der Waals surface area contributed by atoms with Crippen molar-refractivity contribution in [2.75, 3.05) is 75.6 Å². The Morgan fingerprint density at radius 2 is 0.917 bits per heavy atom. The van der Waals surface area contributed by atoms with Gasteiger partial charge in [-0.3, -0.25) is 0 Å². The molecule has 0 aliphatic heterocycles. The molecule has 0 radical (unpaired) electrons. The molecule has 0 atom stereocenters. The van der Waals surface area contributed by atoms with E-state index in [4.69, 9.17) is 35.7 Å². The molecule has 0 aliphatic rings. The molecule has 36 heavy (non-hydrogen) atoms. The third kappa shape index (κ3) is 30.5. The number of likely N-dealkylation sites (N-methyl/N-ethyl adjacent to an activating group) is 4. The van der Waals surface area contributed by atoms with Gasteiger partial charge in [-0.2, -0.15) is 7.11 Å². The van der Waals surface area contributed by atoms with Crippen LogP contribution in [0.2, 0.25) is 0 Å². The largest absolute Gasteiger partial charge is 2.00 e. The van der Waals surface area contributed by atoms with Gasteiger partial charge >= 0.3 is 39.0 Å². The van der Waals surface area contributed by atoms with Crippen LogP contribution in [0.25, 0.3) is 0 Å². The van der Waals surface area contributed by atoms with Crippen molar-refractivity contribution in [1.82, 2.24) is 19.6 Å². The van der Waals surface area contributed by atoms with Crippen molar-refractivity contribution in [3.63, 3.8) is 0 Å². The van der Waals surface area contributed by atoms with Crippen LogP contribution in [0.1, 0.15) is 16.7 Å². The van der Waals surface area contributed by atoms with Crippen LogP contribution < -0.4 is 10.2 Å². The Balaban J connectivity index is -0.000000229. The van der Waals surface area contributed by atoms with Crippen molar-refractivity contribution in [2.45, 2.75) is 20.0 Å². The second-order valence-electron chi connectivity index (χ2n) is 7.94. The Bertz CT molecular complexity index is 641. The number of rotatable bonds is 10. The molecule has 0 heterocycles. The maximum absolute atomic E-state index is 12.8. The van der Waals surface area contributed by atoms with Crippen LogP contribution in [-0.2, 0) is 52.0 Å². The van der Waals surface area contributed by atoms with E-state index in [9.17, 15) is 5.11 Å². The van der Waals surface area contributed by atoms with Gasteiger partial charge < -0.3 is 60.5 Å². The summed E-state index contributed by atoms with van der Waals surface area (Å²) in [6.07, 6.45) is 0. The fourth-order valence-corrected chi connectivity index (χ4v) is 2.64. The van der Waals surface area contributed by atoms with E-state index in [1.165, 1.54) is 5.56 Å². The van der Waals surface area contributed by atoms with Gasteiger partial charge in [0.2, 0.25) is 0 Å². The third-order valence-corrected chi connectivity index (χ3v) is 4.13. The van der Waals surface area contributed by atoms with Crippen LogP contribution in [-0.4, -0.2) is 105 Å². The molecule has 0 saturated heterocycles. The number of aryl methyl sites for hydroxylation is 1. The molecule has 1 aromatic rings. The standard InChI is InChI=1S/C19H36N4O.CH3O.2NO3.2Zn/c1-16-12-17(14-22(6)10-8-20(2)3)19(24)18(13-16)15-23(7)11-9-21(4)5;1-2;2*2-1(3)4;;/h12-13,24H,8-11,14-15H2,1-7H3;1H3;;;;/q;3*-1;2*+2/p-1. The van der Waals surface area contributed by atoms with E-state index in [2.05, 4.69) is 68.8 Å². The quantitative estimate of drug-likeness (QED) is 0.186. The monoisotopic (exact) mass is 618 g/mol. The molecule has 16 heteroatoms. The Morgan fingerprint density at radius 3 is 1.14 bits per heavy atom. The van der Waals surface area contributed by atoms with Crippen molar-refractivity contribution in [3.05, 3.63) is 59.5 Å². The maximum Gasteiger partial charge on any atom is 2.00 e. The van der Waals surface area contributed by atoms with Gasteiger partial charge in [-0.05, 0) is 60.3 Å². The first kappa shape index (κ1) is 44.5. The molecule has 0 aromatic heterocycles. The SMILES string of the molecule is C[O-].Cc1cc(CN(C)CCN(C)C)c([O-])c(CN(C)CCN(C)C)c1.O=[N+]([O-])[O-].O=[N+]([O-])[O-].[Zn+2].[Zn+2]. The van der Waals surface area contributed by atoms with Gasteiger partial charge in [0.15, 0.2) is 0 Å². The Labute approximate surface area is 239 Å². The Morgan fingerprint density at radius 1 is 0.667 bits per heavy atom. The van der Waals surface area contributed by atoms with E-state index < -0.39 is 10.2 Å². The molecule has 14 nitrogen and oxygen atoms in total. The Hall–Kier alpha value is -1.53. The van der Waals surface area contributed by atoms with Crippen molar-refractivity contribution in [2.24, 2.45) is 0 Å². The summed E-state index contributed by atoms with van der Waals surface area (Å²) in [5.41, 5.74) is 2.99. The fraction of sp³-hybridized carbons (Fsp3) is 0.700. The fourth-order valence-electron chi connectivity index (χ4n) is 2.64. The average Bonchev–Trinajstić information content (AvgIpc) is 2.69. The normalized spacial score (nSPS) is 9.58. The van der Waals surface area contributed by atoms with Gasteiger partial charge in [-0.25, -0.2) is 0 Å². The van der Waals surface area contributed by atoms with E-state index in [0.717, 1.165) is 44.4 Å². The zero-order valence-electron chi connectivity index (χ0n) is 22.8. The predicted molar refractivity (Wildman–Crippen MR) is 127 cm³/mol. The smallest absolute Gasteiger partial charge is 0.872 e. The molecule has 0 bridgehead atoms. The summed E-state index contributed by atoms with van der Waals surface area (Å²) in [4.78, 5) is 25.3. The minimum absolute atomic E-state index is 0. The molecular weight excluding hydrogens is 583 g/mol. The summed E-state index contributed by atoms with van der Waals surface area (Å²) in [6.45, 7) is 7.40. The summed E-state index contributed by atoms with van der Waals surface area (Å²) >= 11 is 0. The molecule has 0 unspecified atom stereocenters. The molecule has 1 rings (SSSR count). The molecular formula is C20H38N6O8Zn2. The van der Waals surface area contributed by atoms with Crippen molar-refractivity contribution in [1.29, 1.82) is 0 Å². The van der Waals surface area contributed by atoms with E-state index in [-0.39, 0.29) is 44.7 Å². The van der Waals surface area contributed by atoms with Gasteiger partial charge in [0.25, 0.3) is 0 Å². The average molecular weight is 621 g/mol. The van der Waals surface area contributed by atoms with Crippen LogP contribution in [0.4, 0.5) is 0 Å². The molecule has 0 aliphatic carbocycles. The van der Waals surface area contributed by atoms with Crippen LogP contribution in [0.3, 0.4) is 0 Å². The zero-order chi connectivity index (χ0) is 27.4. The second kappa shape index (κ2) is 26.5. The number of hydrogen-bond donors (Lipinski definition) is 0. The summed E-state index contributed by atoms with van der Waals surface area (Å²) in [6, 6.07) is 4.08. The minimum Gasteiger partial charge on any atom is -0.872 e. The van der Waals surface area contributed by atoms with E-state index in [0.29, 0.717) is 13.1 Å². The predicted octanol–water partition coefficient (Wildman–Crippen LogP) is -0.451. The van der Waals surface area contributed by atoms with E-state index in [1.807, 2.05) is 12.1 Å². The van der Waals surface area contributed by atoms with Crippen molar-refractivity contribution >= 4 is 0 Å². The first-order chi connectivity index (χ1) is 15.6. The van der Waals surface area contributed by atoms with Gasteiger partial charge in [-0.15, -0.1) is 0 Å². The van der Waals surface area contributed by atoms with Crippen molar-refractivity contribution in [3.8, 4) is 5.75 Å². The first-order valence-electron chi connectivity index (χ1n) is 10.2. The molecule has 200 valence electrons. The van der Waals surface area contributed by atoms with Crippen molar-refractivity contribution < 1.29 is 59.3 Å². The number of benzene rings is 1. The van der Waals surface area contributed by atoms with Crippen LogP contribution in [0.15, 0.2) is 12.1 Å². The summed E-state index contributed by atoms with van der Waals surface area (Å²) < 4.78 is 0. The summed E-state index contributed by atoms with van der Waals surface area (Å²) in [5, 5.41) is 50.5. The molecule has 0 amide bonds. The summed E-state index contributed by atoms with van der Waals surface area (Å²) in [7, 11) is 13.2.